The average Bonchev–Trinajstić information content (AvgIpc) is 2.66. The van der Waals surface area contributed by atoms with Gasteiger partial charge in [0.1, 0.15) is 0 Å². The molecule has 3 aromatic rings. The van der Waals surface area contributed by atoms with Crippen LogP contribution in [0.15, 0.2) is 65.9 Å². The quantitative estimate of drug-likeness (QED) is 0.479. The van der Waals surface area contributed by atoms with Gasteiger partial charge in [-0.3, -0.25) is 0 Å². The maximum Gasteiger partial charge on any atom is 0.347 e. The van der Waals surface area contributed by atoms with Crippen molar-refractivity contribution in [2.45, 2.75) is 6.54 Å². The molecule has 0 saturated carbocycles. The van der Waals surface area contributed by atoms with E-state index in [1.807, 2.05) is 42.5 Å². The van der Waals surface area contributed by atoms with Crippen molar-refractivity contribution in [1.29, 1.82) is 0 Å². The van der Waals surface area contributed by atoms with Crippen molar-refractivity contribution in [2.75, 3.05) is 11.9 Å². The standard InChI is InChI=1S/C19H16ClFN4O/c1-25(13-15-7-9-16(20)10-8-15)18-17(21)12-22-19(24-18)26-23-11-14-5-3-2-4-6-14/h2-12H,13H2,1H3/b23-11+. The lowest BCUT2D eigenvalue weighted by molar-refractivity contribution is 0.313. The van der Waals surface area contributed by atoms with Gasteiger partial charge in [-0.25, -0.2) is 4.39 Å². The summed E-state index contributed by atoms with van der Waals surface area (Å²) >= 11 is 5.88. The number of rotatable bonds is 6. The fourth-order valence-corrected chi connectivity index (χ4v) is 2.39. The minimum Gasteiger partial charge on any atom is -0.353 e. The number of benzene rings is 2. The number of anilines is 1. The fourth-order valence-electron chi connectivity index (χ4n) is 2.27. The Morgan fingerprint density at radius 1 is 1.15 bits per heavy atom. The highest BCUT2D eigenvalue weighted by Gasteiger charge is 2.13. The molecular weight excluding hydrogens is 355 g/mol. The normalized spacial score (nSPS) is 10.9. The summed E-state index contributed by atoms with van der Waals surface area (Å²) in [6.07, 6.45) is 2.60. The van der Waals surface area contributed by atoms with E-state index in [1.165, 1.54) is 6.21 Å². The predicted molar refractivity (Wildman–Crippen MR) is 100 cm³/mol. The summed E-state index contributed by atoms with van der Waals surface area (Å²) < 4.78 is 14.1. The van der Waals surface area contributed by atoms with Gasteiger partial charge in [0.15, 0.2) is 11.6 Å². The smallest absolute Gasteiger partial charge is 0.347 e. The van der Waals surface area contributed by atoms with E-state index in [0.717, 1.165) is 17.3 Å². The van der Waals surface area contributed by atoms with Gasteiger partial charge < -0.3 is 9.74 Å². The molecule has 1 heterocycles. The van der Waals surface area contributed by atoms with Crippen LogP contribution in [0.4, 0.5) is 10.2 Å². The van der Waals surface area contributed by atoms with Gasteiger partial charge in [-0.2, -0.15) is 9.97 Å². The first-order chi connectivity index (χ1) is 12.6. The molecule has 132 valence electrons. The number of oxime groups is 1. The van der Waals surface area contributed by atoms with Gasteiger partial charge >= 0.3 is 6.01 Å². The molecule has 0 bridgehead atoms. The SMILES string of the molecule is CN(Cc1ccc(Cl)cc1)c1nc(O/N=C/c2ccccc2)ncc1F. The second kappa shape index (κ2) is 8.40. The van der Waals surface area contributed by atoms with Gasteiger partial charge in [-0.1, -0.05) is 59.2 Å². The van der Waals surface area contributed by atoms with Crippen LogP contribution in [0.5, 0.6) is 6.01 Å². The van der Waals surface area contributed by atoms with Crippen LogP contribution in [0, 0.1) is 5.82 Å². The Morgan fingerprint density at radius 3 is 2.62 bits per heavy atom. The van der Waals surface area contributed by atoms with Crippen molar-refractivity contribution in [3.63, 3.8) is 0 Å². The van der Waals surface area contributed by atoms with Crippen LogP contribution in [-0.2, 0) is 6.54 Å². The summed E-state index contributed by atoms with van der Waals surface area (Å²) in [5, 5.41) is 4.48. The molecule has 0 fully saturated rings. The molecule has 0 atom stereocenters. The second-order valence-electron chi connectivity index (χ2n) is 5.54. The summed E-state index contributed by atoms with van der Waals surface area (Å²) in [5.41, 5.74) is 1.84. The molecule has 1 aromatic heterocycles. The molecule has 3 rings (SSSR count). The van der Waals surface area contributed by atoms with E-state index in [-0.39, 0.29) is 11.8 Å². The molecule has 26 heavy (non-hydrogen) atoms. The number of nitrogens with zero attached hydrogens (tertiary/aromatic N) is 4. The third-order valence-electron chi connectivity index (χ3n) is 3.53. The average molecular weight is 371 g/mol. The van der Waals surface area contributed by atoms with E-state index in [2.05, 4.69) is 15.1 Å². The highest BCUT2D eigenvalue weighted by atomic mass is 35.5. The third-order valence-corrected chi connectivity index (χ3v) is 3.79. The van der Waals surface area contributed by atoms with E-state index in [4.69, 9.17) is 16.4 Å². The molecule has 0 aliphatic rings. The summed E-state index contributed by atoms with van der Waals surface area (Å²) in [4.78, 5) is 14.7. The molecule has 0 unspecified atom stereocenters. The zero-order chi connectivity index (χ0) is 18.4. The van der Waals surface area contributed by atoms with Crippen molar-refractivity contribution in [3.05, 3.63) is 82.8 Å². The Morgan fingerprint density at radius 2 is 1.88 bits per heavy atom. The topological polar surface area (TPSA) is 50.6 Å². The van der Waals surface area contributed by atoms with Crippen molar-refractivity contribution >= 4 is 23.6 Å². The van der Waals surface area contributed by atoms with Crippen molar-refractivity contribution in [3.8, 4) is 6.01 Å². The van der Waals surface area contributed by atoms with Crippen LogP contribution in [0.1, 0.15) is 11.1 Å². The number of halogens is 2. The molecule has 5 nitrogen and oxygen atoms in total. The number of hydrogen-bond donors (Lipinski definition) is 0. The molecule has 0 aliphatic heterocycles. The van der Waals surface area contributed by atoms with Crippen molar-refractivity contribution in [2.24, 2.45) is 5.16 Å². The Labute approximate surface area is 155 Å². The van der Waals surface area contributed by atoms with Crippen LogP contribution in [-0.4, -0.2) is 23.2 Å². The van der Waals surface area contributed by atoms with E-state index in [1.54, 1.807) is 24.1 Å². The van der Waals surface area contributed by atoms with E-state index < -0.39 is 5.82 Å². The first-order valence-corrected chi connectivity index (χ1v) is 8.23. The monoisotopic (exact) mass is 370 g/mol. The summed E-state index contributed by atoms with van der Waals surface area (Å²) in [6, 6.07) is 16.7. The minimum absolute atomic E-state index is 0.0310. The Kier molecular flexibility index (Phi) is 5.76. The summed E-state index contributed by atoms with van der Waals surface area (Å²) in [7, 11) is 1.73. The first kappa shape index (κ1) is 17.8. The number of hydrogen-bond acceptors (Lipinski definition) is 5. The fraction of sp³-hybridized carbons (Fsp3) is 0.105. The minimum atomic E-state index is -0.541. The van der Waals surface area contributed by atoms with Gasteiger partial charge in [-0.15, -0.1) is 0 Å². The maximum absolute atomic E-state index is 14.1. The Hall–Kier alpha value is -2.99. The Bertz CT molecular complexity index is 888. The van der Waals surface area contributed by atoms with Crippen molar-refractivity contribution < 1.29 is 9.23 Å². The highest BCUT2D eigenvalue weighted by molar-refractivity contribution is 6.30. The molecule has 2 aromatic carbocycles. The largest absolute Gasteiger partial charge is 0.353 e. The molecule has 0 amide bonds. The molecule has 0 radical (unpaired) electrons. The molecular formula is C19H16ClFN4O. The van der Waals surface area contributed by atoms with E-state index in [0.29, 0.717) is 11.6 Å². The summed E-state index contributed by atoms with van der Waals surface area (Å²) in [5.74, 6) is -0.416. The highest BCUT2D eigenvalue weighted by Crippen LogP contribution is 2.20. The maximum atomic E-state index is 14.1. The van der Waals surface area contributed by atoms with Crippen LogP contribution < -0.4 is 9.74 Å². The molecule has 0 N–H and O–H groups in total. The second-order valence-corrected chi connectivity index (χ2v) is 5.98. The molecule has 0 saturated heterocycles. The first-order valence-electron chi connectivity index (χ1n) is 7.85. The number of aromatic nitrogens is 2. The lowest BCUT2D eigenvalue weighted by Gasteiger charge is -2.18. The van der Waals surface area contributed by atoms with Gasteiger partial charge in [0.2, 0.25) is 0 Å². The lowest BCUT2D eigenvalue weighted by Crippen LogP contribution is -2.19. The van der Waals surface area contributed by atoms with Crippen LogP contribution >= 0.6 is 11.6 Å². The molecule has 0 aliphatic carbocycles. The van der Waals surface area contributed by atoms with Crippen LogP contribution in [0.3, 0.4) is 0 Å². The summed E-state index contributed by atoms with van der Waals surface area (Å²) in [6.45, 7) is 0.456. The zero-order valence-electron chi connectivity index (χ0n) is 14.0. The Balaban J connectivity index is 1.70. The van der Waals surface area contributed by atoms with E-state index in [9.17, 15) is 4.39 Å². The van der Waals surface area contributed by atoms with Gasteiger partial charge in [-0.05, 0) is 23.3 Å². The third kappa shape index (κ3) is 4.77. The van der Waals surface area contributed by atoms with E-state index >= 15 is 0 Å². The predicted octanol–water partition coefficient (Wildman–Crippen LogP) is 4.32. The van der Waals surface area contributed by atoms with Gasteiger partial charge in [0, 0.05) is 18.6 Å². The van der Waals surface area contributed by atoms with Gasteiger partial charge in [0.25, 0.3) is 0 Å². The lowest BCUT2D eigenvalue weighted by atomic mass is 10.2. The van der Waals surface area contributed by atoms with Crippen LogP contribution in [0.2, 0.25) is 5.02 Å². The zero-order valence-corrected chi connectivity index (χ0v) is 14.8. The van der Waals surface area contributed by atoms with Crippen molar-refractivity contribution in [1.82, 2.24) is 9.97 Å². The van der Waals surface area contributed by atoms with Gasteiger partial charge in [0.05, 0.1) is 12.4 Å². The molecule has 7 heteroatoms. The van der Waals surface area contributed by atoms with Crippen LogP contribution in [0.25, 0.3) is 0 Å². The molecule has 0 spiro atoms.